The zero-order chi connectivity index (χ0) is 16.1. The van der Waals surface area contributed by atoms with Gasteiger partial charge in [-0.2, -0.15) is 9.97 Å². The van der Waals surface area contributed by atoms with E-state index in [1.54, 1.807) is 31.6 Å². The molecule has 1 atom stereocenters. The molecule has 0 saturated carbocycles. The Bertz CT molecular complexity index is 636. The number of benzene rings is 1. The normalized spacial score (nSPS) is 18.6. The van der Waals surface area contributed by atoms with E-state index in [9.17, 15) is 4.39 Å². The molecule has 122 valence electrons. The van der Waals surface area contributed by atoms with Crippen molar-refractivity contribution >= 4 is 0 Å². The molecule has 1 aromatic heterocycles. The van der Waals surface area contributed by atoms with Crippen LogP contribution in [0.5, 0.6) is 11.8 Å². The number of halogens is 1. The molecule has 1 aliphatic rings. The Morgan fingerprint density at radius 1 is 1.30 bits per heavy atom. The molecule has 0 radical (unpaired) electrons. The first-order valence-electron chi connectivity index (χ1n) is 7.72. The van der Waals surface area contributed by atoms with Crippen molar-refractivity contribution in [3.05, 3.63) is 48.0 Å². The highest BCUT2D eigenvalue weighted by Crippen LogP contribution is 2.18. The van der Waals surface area contributed by atoms with Crippen LogP contribution in [0, 0.1) is 5.82 Å². The van der Waals surface area contributed by atoms with Crippen LogP contribution >= 0.6 is 0 Å². The van der Waals surface area contributed by atoms with Crippen molar-refractivity contribution in [3.63, 3.8) is 0 Å². The van der Waals surface area contributed by atoms with E-state index in [1.165, 1.54) is 6.07 Å². The van der Waals surface area contributed by atoms with Gasteiger partial charge in [-0.05, 0) is 37.1 Å². The van der Waals surface area contributed by atoms with Crippen molar-refractivity contribution in [2.24, 2.45) is 0 Å². The number of aromatic nitrogens is 2. The van der Waals surface area contributed by atoms with E-state index in [-0.39, 0.29) is 11.9 Å². The molecular weight excluding hydrogens is 297 g/mol. The first kappa shape index (κ1) is 15.7. The quantitative estimate of drug-likeness (QED) is 0.848. The van der Waals surface area contributed by atoms with Crippen LogP contribution in [-0.4, -0.2) is 41.2 Å². The molecule has 6 heteroatoms. The van der Waals surface area contributed by atoms with Gasteiger partial charge in [0.25, 0.3) is 0 Å². The molecular formula is C17H20FN3O2. The molecule has 0 bridgehead atoms. The Labute approximate surface area is 135 Å². The van der Waals surface area contributed by atoms with Gasteiger partial charge in [-0.1, -0.05) is 12.1 Å². The fourth-order valence-corrected chi connectivity index (χ4v) is 2.77. The lowest BCUT2D eigenvalue weighted by Crippen LogP contribution is -2.40. The lowest BCUT2D eigenvalue weighted by atomic mass is 10.1. The number of hydrogen-bond donors (Lipinski definition) is 0. The molecule has 1 aromatic carbocycles. The molecule has 5 nitrogen and oxygen atoms in total. The highest BCUT2D eigenvalue weighted by Gasteiger charge is 2.22. The average Bonchev–Trinajstić information content (AvgIpc) is 2.56. The van der Waals surface area contributed by atoms with Crippen LogP contribution < -0.4 is 9.47 Å². The largest absolute Gasteiger partial charge is 0.494 e. The Kier molecular flexibility index (Phi) is 5.02. The van der Waals surface area contributed by atoms with E-state index >= 15 is 0 Å². The number of methoxy groups -OCH3 is 1. The number of nitrogens with zero attached hydrogens (tertiary/aromatic N) is 3. The van der Waals surface area contributed by atoms with Gasteiger partial charge < -0.3 is 9.47 Å². The SMILES string of the molecule is COc1cnc(OC2CCCN(Cc3cccc(F)c3)C2)nc1. The number of rotatable bonds is 5. The fourth-order valence-electron chi connectivity index (χ4n) is 2.77. The van der Waals surface area contributed by atoms with Crippen molar-refractivity contribution in [1.82, 2.24) is 14.9 Å². The summed E-state index contributed by atoms with van der Waals surface area (Å²) in [6, 6.07) is 7.10. The molecule has 1 fully saturated rings. The van der Waals surface area contributed by atoms with Crippen LogP contribution in [0.3, 0.4) is 0 Å². The second-order valence-corrected chi connectivity index (χ2v) is 5.65. The summed E-state index contributed by atoms with van der Waals surface area (Å²) in [4.78, 5) is 10.5. The molecule has 0 aliphatic carbocycles. The summed E-state index contributed by atoms with van der Waals surface area (Å²) in [7, 11) is 1.57. The minimum Gasteiger partial charge on any atom is -0.494 e. The van der Waals surface area contributed by atoms with Crippen LogP contribution in [0.15, 0.2) is 36.7 Å². The van der Waals surface area contributed by atoms with Crippen LogP contribution in [-0.2, 0) is 6.54 Å². The van der Waals surface area contributed by atoms with Crippen molar-refractivity contribution < 1.29 is 13.9 Å². The molecule has 0 amide bonds. The number of piperidine rings is 1. The van der Waals surface area contributed by atoms with Gasteiger partial charge in [0, 0.05) is 13.1 Å². The first-order chi connectivity index (χ1) is 11.2. The maximum absolute atomic E-state index is 13.3. The highest BCUT2D eigenvalue weighted by atomic mass is 19.1. The van der Waals surface area contributed by atoms with Crippen molar-refractivity contribution in [3.8, 4) is 11.8 Å². The van der Waals surface area contributed by atoms with Gasteiger partial charge in [0.05, 0.1) is 19.5 Å². The van der Waals surface area contributed by atoms with Gasteiger partial charge in [0.1, 0.15) is 11.9 Å². The van der Waals surface area contributed by atoms with Gasteiger partial charge in [-0.15, -0.1) is 0 Å². The topological polar surface area (TPSA) is 47.5 Å². The third-order valence-electron chi connectivity index (χ3n) is 3.87. The third kappa shape index (κ3) is 4.39. The van der Waals surface area contributed by atoms with Crippen LogP contribution in [0.2, 0.25) is 0 Å². The third-order valence-corrected chi connectivity index (χ3v) is 3.87. The molecule has 1 saturated heterocycles. The summed E-state index contributed by atoms with van der Waals surface area (Å²) in [5.41, 5.74) is 0.978. The predicted molar refractivity (Wildman–Crippen MR) is 83.9 cm³/mol. The molecule has 3 rings (SSSR count). The van der Waals surface area contributed by atoms with E-state index in [4.69, 9.17) is 9.47 Å². The lowest BCUT2D eigenvalue weighted by molar-refractivity contribution is 0.0769. The van der Waals surface area contributed by atoms with Gasteiger partial charge in [-0.3, -0.25) is 4.90 Å². The first-order valence-corrected chi connectivity index (χ1v) is 7.72. The van der Waals surface area contributed by atoms with Crippen molar-refractivity contribution in [2.45, 2.75) is 25.5 Å². The van der Waals surface area contributed by atoms with Gasteiger partial charge in [-0.25, -0.2) is 4.39 Å². The summed E-state index contributed by atoms with van der Waals surface area (Å²) in [5, 5.41) is 0. The van der Waals surface area contributed by atoms with Gasteiger partial charge in [0.15, 0.2) is 5.75 Å². The summed E-state index contributed by atoms with van der Waals surface area (Å²) >= 11 is 0. The van der Waals surface area contributed by atoms with Crippen molar-refractivity contribution in [2.75, 3.05) is 20.2 Å². The minimum atomic E-state index is -0.195. The maximum Gasteiger partial charge on any atom is 0.316 e. The monoisotopic (exact) mass is 317 g/mol. The molecule has 1 aliphatic heterocycles. The van der Waals surface area contributed by atoms with Crippen LogP contribution in [0.4, 0.5) is 4.39 Å². The van der Waals surface area contributed by atoms with E-state index < -0.39 is 0 Å². The molecule has 0 spiro atoms. The number of hydrogen-bond acceptors (Lipinski definition) is 5. The Hall–Kier alpha value is -2.21. The van der Waals surface area contributed by atoms with Gasteiger partial charge in [0.2, 0.25) is 0 Å². The molecule has 2 heterocycles. The zero-order valence-electron chi connectivity index (χ0n) is 13.1. The summed E-state index contributed by atoms with van der Waals surface area (Å²) in [6.07, 6.45) is 5.24. The van der Waals surface area contributed by atoms with Gasteiger partial charge >= 0.3 is 6.01 Å². The molecule has 23 heavy (non-hydrogen) atoms. The number of likely N-dealkylation sites (tertiary alicyclic amines) is 1. The molecule has 2 aromatic rings. The Balaban J connectivity index is 1.57. The maximum atomic E-state index is 13.3. The molecule has 1 unspecified atom stereocenters. The smallest absolute Gasteiger partial charge is 0.316 e. The van der Waals surface area contributed by atoms with E-state index in [1.807, 2.05) is 6.07 Å². The lowest BCUT2D eigenvalue weighted by Gasteiger charge is -2.32. The van der Waals surface area contributed by atoms with Crippen LogP contribution in [0.25, 0.3) is 0 Å². The van der Waals surface area contributed by atoms with Crippen LogP contribution in [0.1, 0.15) is 18.4 Å². The van der Waals surface area contributed by atoms with Crippen molar-refractivity contribution in [1.29, 1.82) is 0 Å². The second-order valence-electron chi connectivity index (χ2n) is 5.65. The minimum absolute atomic E-state index is 0.0469. The summed E-state index contributed by atoms with van der Waals surface area (Å²) in [5.74, 6) is 0.410. The second kappa shape index (κ2) is 7.37. The summed E-state index contributed by atoms with van der Waals surface area (Å²) in [6.45, 7) is 2.49. The zero-order valence-corrected chi connectivity index (χ0v) is 13.1. The highest BCUT2D eigenvalue weighted by molar-refractivity contribution is 5.16. The Morgan fingerprint density at radius 2 is 2.13 bits per heavy atom. The standard InChI is InChI=1S/C17H20FN3O2/c1-22-16-9-19-17(20-10-16)23-15-6-3-7-21(12-15)11-13-4-2-5-14(18)8-13/h2,4-5,8-10,15H,3,6-7,11-12H2,1H3. The fraction of sp³-hybridized carbons (Fsp3) is 0.412. The predicted octanol–water partition coefficient (Wildman–Crippen LogP) is 2.67. The summed E-state index contributed by atoms with van der Waals surface area (Å²) < 4.78 is 24.2. The van der Waals surface area contributed by atoms with E-state index in [2.05, 4.69) is 14.9 Å². The average molecular weight is 317 g/mol. The van der Waals surface area contributed by atoms with E-state index in [0.717, 1.165) is 38.0 Å². The van der Waals surface area contributed by atoms with E-state index in [0.29, 0.717) is 11.8 Å². The Morgan fingerprint density at radius 3 is 2.87 bits per heavy atom. The number of ether oxygens (including phenoxy) is 2. The molecule has 0 N–H and O–H groups in total.